The fraction of sp³-hybridized carbons (Fsp3) is 0.167. The van der Waals surface area contributed by atoms with E-state index in [1.807, 2.05) is 47.9 Å². The number of halogens is 2. The van der Waals surface area contributed by atoms with E-state index >= 15 is 0 Å². The molecule has 0 aliphatic carbocycles. The largest absolute Gasteiger partial charge is 0.497 e. The molecule has 1 aromatic heterocycles. The number of nitrogens with zero attached hydrogens (tertiary/aromatic N) is 3. The van der Waals surface area contributed by atoms with Crippen LogP contribution >= 0.6 is 11.8 Å². The van der Waals surface area contributed by atoms with E-state index in [0.717, 1.165) is 22.9 Å². The summed E-state index contributed by atoms with van der Waals surface area (Å²) < 4.78 is 40.5. The summed E-state index contributed by atoms with van der Waals surface area (Å²) in [7, 11) is 3.17. The number of para-hydroxylation sites is 1. The van der Waals surface area contributed by atoms with Crippen LogP contribution in [0.3, 0.4) is 0 Å². The van der Waals surface area contributed by atoms with Crippen molar-refractivity contribution in [3.05, 3.63) is 83.4 Å². The molecule has 0 saturated heterocycles. The summed E-state index contributed by atoms with van der Waals surface area (Å²) in [6.07, 6.45) is 0. The predicted octanol–water partition coefficient (Wildman–Crippen LogP) is 5.83. The van der Waals surface area contributed by atoms with Crippen LogP contribution in [-0.4, -0.2) is 29.0 Å². The highest BCUT2D eigenvalue weighted by Crippen LogP contribution is 2.34. The molecule has 0 N–H and O–H groups in total. The number of benzene rings is 3. The quantitative estimate of drug-likeness (QED) is 0.330. The first-order valence-corrected chi connectivity index (χ1v) is 10.8. The molecule has 8 heteroatoms. The molecular weight excluding hydrogens is 432 g/mol. The van der Waals surface area contributed by atoms with Crippen LogP contribution in [0.2, 0.25) is 0 Å². The average Bonchev–Trinajstić information content (AvgIpc) is 3.23. The van der Waals surface area contributed by atoms with E-state index in [4.69, 9.17) is 9.47 Å². The molecule has 1 heterocycles. The number of hydrogen-bond donors (Lipinski definition) is 0. The molecule has 4 rings (SSSR count). The lowest BCUT2D eigenvalue weighted by Gasteiger charge is -2.14. The van der Waals surface area contributed by atoms with Gasteiger partial charge < -0.3 is 9.47 Å². The minimum Gasteiger partial charge on any atom is -0.497 e. The Bertz CT molecular complexity index is 1240. The Balaban J connectivity index is 1.81. The van der Waals surface area contributed by atoms with Gasteiger partial charge in [0.15, 0.2) is 22.6 Å². The normalized spacial score (nSPS) is 10.9. The van der Waals surface area contributed by atoms with E-state index in [0.29, 0.717) is 22.5 Å². The van der Waals surface area contributed by atoms with Gasteiger partial charge in [0.1, 0.15) is 11.5 Å². The fourth-order valence-electron chi connectivity index (χ4n) is 3.32. The van der Waals surface area contributed by atoms with Crippen LogP contribution in [0.5, 0.6) is 11.5 Å². The second kappa shape index (κ2) is 9.40. The van der Waals surface area contributed by atoms with Crippen molar-refractivity contribution in [1.29, 1.82) is 0 Å². The molecule has 0 atom stereocenters. The van der Waals surface area contributed by atoms with Crippen molar-refractivity contribution in [2.45, 2.75) is 17.8 Å². The molecular formula is C24H21F2N3O2S. The molecule has 0 bridgehead atoms. The molecule has 3 aromatic carbocycles. The van der Waals surface area contributed by atoms with Crippen molar-refractivity contribution in [1.82, 2.24) is 14.8 Å². The van der Waals surface area contributed by atoms with Gasteiger partial charge in [0.25, 0.3) is 0 Å². The summed E-state index contributed by atoms with van der Waals surface area (Å²) >= 11 is 1.28. The second-order valence-corrected chi connectivity index (χ2v) is 7.97. The highest BCUT2D eigenvalue weighted by Gasteiger charge is 2.20. The molecule has 5 nitrogen and oxygen atoms in total. The van der Waals surface area contributed by atoms with Crippen LogP contribution in [0.15, 0.2) is 65.8 Å². The van der Waals surface area contributed by atoms with Crippen LogP contribution in [0, 0.1) is 18.6 Å². The van der Waals surface area contributed by atoms with Crippen molar-refractivity contribution in [2.75, 3.05) is 14.2 Å². The summed E-state index contributed by atoms with van der Waals surface area (Å²) in [5.74, 6) is 0.310. The molecule has 0 aliphatic rings. The molecule has 0 radical (unpaired) electrons. The summed E-state index contributed by atoms with van der Waals surface area (Å²) in [5, 5.41) is 9.34. The van der Waals surface area contributed by atoms with Crippen molar-refractivity contribution < 1.29 is 18.3 Å². The van der Waals surface area contributed by atoms with Crippen LogP contribution in [0.1, 0.15) is 11.1 Å². The Morgan fingerprint density at radius 2 is 1.62 bits per heavy atom. The lowest BCUT2D eigenvalue weighted by atomic mass is 10.1. The van der Waals surface area contributed by atoms with E-state index < -0.39 is 11.6 Å². The van der Waals surface area contributed by atoms with Gasteiger partial charge in [0, 0.05) is 22.9 Å². The van der Waals surface area contributed by atoms with Gasteiger partial charge in [-0.15, -0.1) is 10.2 Å². The van der Waals surface area contributed by atoms with E-state index in [1.54, 1.807) is 26.4 Å². The van der Waals surface area contributed by atoms with Crippen LogP contribution < -0.4 is 9.47 Å². The first-order chi connectivity index (χ1) is 15.5. The third kappa shape index (κ3) is 4.31. The molecule has 0 saturated carbocycles. The number of rotatable bonds is 7. The molecule has 0 amide bonds. The summed E-state index contributed by atoms with van der Waals surface area (Å²) in [6, 6.07) is 17.5. The van der Waals surface area contributed by atoms with Crippen molar-refractivity contribution in [2.24, 2.45) is 0 Å². The standard InChI is InChI=1S/C24H21F2N3O2S/c1-15-7-4-5-10-21(15)29-23(17-11-18(30-2)13-19(12-17)31-3)27-28-24(29)32-14-16-8-6-9-20(25)22(16)26/h4-13H,14H2,1-3H3. The first kappa shape index (κ1) is 21.8. The van der Waals surface area contributed by atoms with E-state index in [-0.39, 0.29) is 11.3 Å². The number of methoxy groups -OCH3 is 2. The number of aromatic nitrogens is 3. The molecule has 0 fully saturated rings. The second-order valence-electron chi connectivity index (χ2n) is 7.03. The minimum atomic E-state index is -0.868. The van der Waals surface area contributed by atoms with Gasteiger partial charge in [-0.2, -0.15) is 0 Å². The van der Waals surface area contributed by atoms with Crippen LogP contribution in [-0.2, 0) is 5.75 Å². The summed E-state index contributed by atoms with van der Waals surface area (Å²) in [5.41, 5.74) is 2.92. The number of hydrogen-bond acceptors (Lipinski definition) is 5. The molecule has 0 spiro atoms. The van der Waals surface area contributed by atoms with E-state index in [2.05, 4.69) is 10.2 Å². The predicted molar refractivity (Wildman–Crippen MR) is 121 cm³/mol. The fourth-order valence-corrected chi connectivity index (χ4v) is 4.24. The Morgan fingerprint density at radius 1 is 0.906 bits per heavy atom. The Morgan fingerprint density at radius 3 is 2.31 bits per heavy atom. The zero-order chi connectivity index (χ0) is 22.7. The van der Waals surface area contributed by atoms with Gasteiger partial charge in [-0.05, 0) is 36.8 Å². The third-order valence-electron chi connectivity index (χ3n) is 4.99. The SMILES string of the molecule is COc1cc(OC)cc(-c2nnc(SCc3cccc(F)c3F)n2-c2ccccc2C)c1. The smallest absolute Gasteiger partial charge is 0.196 e. The third-order valence-corrected chi connectivity index (χ3v) is 5.97. The number of aryl methyl sites for hydroxylation is 1. The van der Waals surface area contributed by atoms with Crippen molar-refractivity contribution in [3.63, 3.8) is 0 Å². The van der Waals surface area contributed by atoms with Gasteiger partial charge >= 0.3 is 0 Å². The van der Waals surface area contributed by atoms with Crippen molar-refractivity contribution in [3.8, 4) is 28.6 Å². The van der Waals surface area contributed by atoms with Crippen molar-refractivity contribution >= 4 is 11.8 Å². The molecule has 0 aliphatic heterocycles. The maximum atomic E-state index is 14.2. The topological polar surface area (TPSA) is 49.2 Å². The molecule has 164 valence electrons. The number of ether oxygens (including phenoxy) is 2. The maximum Gasteiger partial charge on any atom is 0.196 e. The lowest BCUT2D eigenvalue weighted by Crippen LogP contribution is -2.02. The minimum absolute atomic E-state index is 0.203. The highest BCUT2D eigenvalue weighted by atomic mass is 32.2. The zero-order valence-corrected chi connectivity index (χ0v) is 18.6. The highest BCUT2D eigenvalue weighted by molar-refractivity contribution is 7.98. The van der Waals surface area contributed by atoms with Gasteiger partial charge in [-0.3, -0.25) is 4.57 Å². The summed E-state index contributed by atoms with van der Waals surface area (Å²) in [4.78, 5) is 0. The van der Waals surface area contributed by atoms with Gasteiger partial charge in [0.2, 0.25) is 0 Å². The van der Waals surface area contributed by atoms with Crippen LogP contribution in [0.25, 0.3) is 17.1 Å². The first-order valence-electron chi connectivity index (χ1n) is 9.82. The average molecular weight is 454 g/mol. The molecule has 32 heavy (non-hydrogen) atoms. The van der Waals surface area contributed by atoms with Gasteiger partial charge in [-0.25, -0.2) is 8.78 Å². The lowest BCUT2D eigenvalue weighted by molar-refractivity contribution is 0.394. The maximum absolute atomic E-state index is 14.2. The monoisotopic (exact) mass is 453 g/mol. The van der Waals surface area contributed by atoms with E-state index in [9.17, 15) is 8.78 Å². The Hall–Kier alpha value is -3.39. The van der Waals surface area contributed by atoms with Crippen LogP contribution in [0.4, 0.5) is 8.78 Å². The summed E-state index contributed by atoms with van der Waals surface area (Å²) in [6.45, 7) is 1.99. The molecule has 0 unspecified atom stereocenters. The van der Waals surface area contributed by atoms with Gasteiger partial charge in [0.05, 0.1) is 19.9 Å². The zero-order valence-electron chi connectivity index (χ0n) is 17.8. The molecule has 4 aromatic rings. The number of thioether (sulfide) groups is 1. The Labute approximate surface area is 189 Å². The van der Waals surface area contributed by atoms with E-state index in [1.165, 1.54) is 17.8 Å². The Kier molecular flexibility index (Phi) is 6.41. The van der Waals surface area contributed by atoms with Gasteiger partial charge in [-0.1, -0.05) is 42.1 Å².